The van der Waals surface area contributed by atoms with Crippen molar-refractivity contribution in [2.75, 3.05) is 5.32 Å². The molecule has 5 heteroatoms. The number of nitrogens with zero attached hydrogens (tertiary/aromatic N) is 4. The van der Waals surface area contributed by atoms with Gasteiger partial charge in [0.05, 0.1) is 6.04 Å². The molecule has 1 N–H and O–H groups in total. The maximum Gasteiger partial charge on any atom is 0.178 e. The molecule has 1 unspecified atom stereocenters. The summed E-state index contributed by atoms with van der Waals surface area (Å²) in [6.07, 6.45) is 0. The molecular weight excluding hydrogens is 262 g/mol. The van der Waals surface area contributed by atoms with E-state index in [1.54, 1.807) is 4.52 Å². The Balaban J connectivity index is 1.90. The molecule has 0 aliphatic rings. The first-order chi connectivity index (χ1) is 10.1. The Morgan fingerprint density at radius 3 is 2.67 bits per heavy atom. The van der Waals surface area contributed by atoms with Gasteiger partial charge in [-0.15, -0.1) is 15.3 Å². The Morgan fingerprint density at radius 1 is 1.05 bits per heavy atom. The van der Waals surface area contributed by atoms with E-state index in [0.717, 1.165) is 17.3 Å². The topological polar surface area (TPSA) is 55.1 Å². The predicted molar refractivity (Wildman–Crippen MR) is 83.5 cm³/mol. The van der Waals surface area contributed by atoms with Crippen molar-refractivity contribution >= 4 is 11.5 Å². The summed E-state index contributed by atoms with van der Waals surface area (Å²) in [5.41, 5.74) is 4.67. The second kappa shape index (κ2) is 5.16. The highest BCUT2D eigenvalue weighted by Crippen LogP contribution is 2.23. The molecule has 2 aromatic heterocycles. The number of rotatable bonds is 3. The lowest BCUT2D eigenvalue weighted by molar-refractivity contribution is 0.824. The standard InChI is InChI=1S/C16H19N5/c1-10-6-5-7-14(11(10)2)12(3)17-15-8-9-16-19-18-13(4)21(16)20-15/h5-9,12H,1-4H3,(H,17,20). The molecular formula is C16H19N5. The van der Waals surface area contributed by atoms with E-state index in [9.17, 15) is 0 Å². The van der Waals surface area contributed by atoms with Gasteiger partial charge in [-0.3, -0.25) is 0 Å². The zero-order chi connectivity index (χ0) is 15.0. The van der Waals surface area contributed by atoms with Crippen molar-refractivity contribution < 1.29 is 0 Å². The van der Waals surface area contributed by atoms with Gasteiger partial charge in [0.1, 0.15) is 5.82 Å². The lowest BCUT2D eigenvalue weighted by Crippen LogP contribution is -2.11. The van der Waals surface area contributed by atoms with Gasteiger partial charge in [0.25, 0.3) is 0 Å². The van der Waals surface area contributed by atoms with Crippen LogP contribution in [0, 0.1) is 20.8 Å². The van der Waals surface area contributed by atoms with Crippen LogP contribution in [0.3, 0.4) is 0 Å². The molecule has 1 atom stereocenters. The summed E-state index contributed by atoms with van der Waals surface area (Å²) < 4.78 is 1.75. The summed E-state index contributed by atoms with van der Waals surface area (Å²) in [5, 5.41) is 16.0. The van der Waals surface area contributed by atoms with E-state index in [0.29, 0.717) is 0 Å². The molecule has 0 bridgehead atoms. The van der Waals surface area contributed by atoms with Gasteiger partial charge in [-0.2, -0.15) is 4.52 Å². The smallest absolute Gasteiger partial charge is 0.178 e. The van der Waals surface area contributed by atoms with Gasteiger partial charge < -0.3 is 5.32 Å². The van der Waals surface area contributed by atoms with E-state index in [1.807, 2.05) is 19.1 Å². The molecule has 0 aliphatic carbocycles. The molecule has 3 rings (SSSR count). The fourth-order valence-corrected chi connectivity index (χ4v) is 2.52. The van der Waals surface area contributed by atoms with Crippen molar-refractivity contribution in [1.82, 2.24) is 19.8 Å². The third-order valence-corrected chi connectivity index (χ3v) is 3.90. The normalized spacial score (nSPS) is 12.6. The van der Waals surface area contributed by atoms with Crippen molar-refractivity contribution in [2.45, 2.75) is 33.7 Å². The van der Waals surface area contributed by atoms with E-state index in [4.69, 9.17) is 0 Å². The zero-order valence-corrected chi connectivity index (χ0v) is 12.8. The molecule has 0 saturated carbocycles. The summed E-state index contributed by atoms with van der Waals surface area (Å²) in [7, 11) is 0. The summed E-state index contributed by atoms with van der Waals surface area (Å²) >= 11 is 0. The van der Waals surface area contributed by atoms with Gasteiger partial charge >= 0.3 is 0 Å². The van der Waals surface area contributed by atoms with Crippen LogP contribution < -0.4 is 5.32 Å². The van der Waals surface area contributed by atoms with Gasteiger partial charge in [0, 0.05) is 0 Å². The van der Waals surface area contributed by atoms with Crippen LogP contribution in [-0.4, -0.2) is 19.8 Å². The first-order valence-electron chi connectivity index (χ1n) is 7.08. The Labute approximate surface area is 124 Å². The molecule has 0 radical (unpaired) electrons. The van der Waals surface area contributed by atoms with E-state index >= 15 is 0 Å². The molecule has 2 heterocycles. The highest BCUT2D eigenvalue weighted by molar-refractivity contribution is 5.46. The van der Waals surface area contributed by atoms with Crippen LogP contribution in [0.15, 0.2) is 30.3 Å². The summed E-state index contributed by atoms with van der Waals surface area (Å²) in [6.45, 7) is 8.33. The quantitative estimate of drug-likeness (QED) is 0.801. The molecule has 0 amide bonds. The zero-order valence-electron chi connectivity index (χ0n) is 12.8. The van der Waals surface area contributed by atoms with E-state index < -0.39 is 0 Å². The number of nitrogens with one attached hydrogen (secondary N) is 1. The van der Waals surface area contributed by atoms with Gasteiger partial charge in [-0.25, -0.2) is 0 Å². The third-order valence-electron chi connectivity index (χ3n) is 3.90. The number of anilines is 1. The summed E-state index contributed by atoms with van der Waals surface area (Å²) in [4.78, 5) is 0. The Bertz CT molecular complexity index is 790. The van der Waals surface area contributed by atoms with Gasteiger partial charge in [0.15, 0.2) is 11.5 Å². The Hall–Kier alpha value is -2.43. The van der Waals surface area contributed by atoms with Crippen molar-refractivity contribution in [3.63, 3.8) is 0 Å². The fraction of sp³-hybridized carbons (Fsp3) is 0.312. The molecule has 5 nitrogen and oxygen atoms in total. The van der Waals surface area contributed by atoms with Crippen LogP contribution in [-0.2, 0) is 0 Å². The van der Waals surface area contributed by atoms with E-state index in [2.05, 4.69) is 59.6 Å². The highest BCUT2D eigenvalue weighted by Gasteiger charge is 2.11. The second-order valence-corrected chi connectivity index (χ2v) is 5.39. The SMILES string of the molecule is Cc1cccc(C(C)Nc2ccc3nnc(C)n3n2)c1C. The van der Waals surface area contributed by atoms with Gasteiger partial charge in [-0.1, -0.05) is 18.2 Å². The minimum atomic E-state index is 0.187. The summed E-state index contributed by atoms with van der Waals surface area (Å²) in [6, 6.07) is 10.4. The molecule has 21 heavy (non-hydrogen) atoms. The maximum absolute atomic E-state index is 4.53. The minimum Gasteiger partial charge on any atom is -0.362 e. The number of hydrogen-bond donors (Lipinski definition) is 1. The third kappa shape index (κ3) is 2.46. The first kappa shape index (κ1) is 13.5. The molecule has 3 aromatic rings. The predicted octanol–water partition coefficient (Wildman–Crippen LogP) is 3.22. The Kier molecular flexibility index (Phi) is 3.33. The van der Waals surface area contributed by atoms with Crippen molar-refractivity contribution in [3.05, 3.63) is 52.8 Å². The molecule has 1 aromatic carbocycles. The number of fused-ring (bicyclic) bond motifs is 1. The van der Waals surface area contributed by atoms with E-state index in [1.165, 1.54) is 16.7 Å². The van der Waals surface area contributed by atoms with Crippen LogP contribution in [0.2, 0.25) is 0 Å². The Morgan fingerprint density at radius 2 is 1.86 bits per heavy atom. The lowest BCUT2D eigenvalue weighted by Gasteiger charge is -2.18. The van der Waals surface area contributed by atoms with E-state index in [-0.39, 0.29) is 6.04 Å². The highest BCUT2D eigenvalue weighted by atomic mass is 15.4. The van der Waals surface area contributed by atoms with Crippen LogP contribution >= 0.6 is 0 Å². The molecule has 0 aliphatic heterocycles. The summed E-state index contributed by atoms with van der Waals surface area (Å²) in [5.74, 6) is 1.60. The van der Waals surface area contributed by atoms with Crippen molar-refractivity contribution in [1.29, 1.82) is 0 Å². The molecule has 108 valence electrons. The van der Waals surface area contributed by atoms with Crippen molar-refractivity contribution in [3.8, 4) is 0 Å². The number of hydrogen-bond acceptors (Lipinski definition) is 4. The molecule has 0 spiro atoms. The number of benzene rings is 1. The largest absolute Gasteiger partial charge is 0.362 e. The molecule has 0 fully saturated rings. The van der Waals surface area contributed by atoms with Crippen LogP contribution in [0.25, 0.3) is 5.65 Å². The van der Waals surface area contributed by atoms with Gasteiger partial charge in [-0.05, 0) is 56.5 Å². The van der Waals surface area contributed by atoms with Crippen LogP contribution in [0.5, 0.6) is 0 Å². The molecule has 0 saturated heterocycles. The first-order valence-corrected chi connectivity index (χ1v) is 7.08. The second-order valence-electron chi connectivity index (χ2n) is 5.39. The van der Waals surface area contributed by atoms with Gasteiger partial charge in [0.2, 0.25) is 0 Å². The average molecular weight is 281 g/mol. The van der Waals surface area contributed by atoms with Crippen LogP contribution in [0.4, 0.5) is 5.82 Å². The number of aromatic nitrogens is 4. The maximum atomic E-state index is 4.53. The lowest BCUT2D eigenvalue weighted by atomic mass is 9.98. The van der Waals surface area contributed by atoms with Crippen LogP contribution in [0.1, 0.15) is 35.5 Å². The fourth-order valence-electron chi connectivity index (χ4n) is 2.52. The number of aryl methyl sites for hydroxylation is 2. The minimum absolute atomic E-state index is 0.187. The average Bonchev–Trinajstić information content (AvgIpc) is 2.83. The van der Waals surface area contributed by atoms with Crippen molar-refractivity contribution in [2.24, 2.45) is 0 Å². The monoisotopic (exact) mass is 281 g/mol.